The zero-order chi connectivity index (χ0) is 12.2. The summed E-state index contributed by atoms with van der Waals surface area (Å²) < 4.78 is 36.1. The first-order valence-electron chi connectivity index (χ1n) is 4.19. The fourth-order valence-electron chi connectivity index (χ4n) is 0.857. The number of hydrogen-bond donors (Lipinski definition) is 2. The molecule has 1 aromatic heterocycles. The molecule has 2 amide bonds. The maximum absolute atomic E-state index is 11.7. The lowest BCUT2D eigenvalue weighted by molar-refractivity contribution is -0.122. The predicted octanol–water partition coefficient (Wildman–Crippen LogP) is 2.87. The number of carbonyl (C=O) groups is 1. The minimum absolute atomic E-state index is 0.208. The first-order chi connectivity index (χ1) is 7.37. The fourth-order valence-corrected chi connectivity index (χ4v) is 2.28. The second-order valence-electron chi connectivity index (χ2n) is 2.86. The van der Waals surface area contributed by atoms with Crippen LogP contribution in [0.5, 0.6) is 0 Å². The van der Waals surface area contributed by atoms with Crippen LogP contribution >= 0.6 is 27.3 Å². The van der Waals surface area contributed by atoms with Crippen molar-refractivity contribution >= 4 is 33.3 Å². The highest BCUT2D eigenvalue weighted by molar-refractivity contribution is 9.11. The van der Waals surface area contributed by atoms with Crippen molar-refractivity contribution in [3.05, 3.63) is 20.8 Å². The standard InChI is InChI=1S/C8H8BrF3N2OS/c9-6-2-1-5(16-6)3-13-7(15)14-4-8(10,11)12/h1-2H,3-4H2,(H2,13,14,15). The first kappa shape index (κ1) is 13.3. The summed E-state index contributed by atoms with van der Waals surface area (Å²) in [6.07, 6.45) is -4.39. The van der Waals surface area contributed by atoms with Crippen LogP contribution in [0.25, 0.3) is 0 Å². The van der Waals surface area contributed by atoms with Crippen LogP contribution in [-0.2, 0) is 6.54 Å². The van der Waals surface area contributed by atoms with Gasteiger partial charge in [-0.1, -0.05) is 0 Å². The summed E-state index contributed by atoms with van der Waals surface area (Å²) in [7, 11) is 0. The second kappa shape index (κ2) is 5.53. The molecule has 90 valence electrons. The van der Waals surface area contributed by atoms with Gasteiger partial charge in [0.2, 0.25) is 0 Å². The molecule has 8 heteroatoms. The molecule has 0 saturated carbocycles. The van der Waals surface area contributed by atoms with Gasteiger partial charge in [0.25, 0.3) is 0 Å². The van der Waals surface area contributed by atoms with Gasteiger partial charge in [-0.25, -0.2) is 4.79 Å². The Hall–Kier alpha value is -0.760. The Morgan fingerprint density at radius 3 is 2.56 bits per heavy atom. The Balaban J connectivity index is 2.25. The number of thiophene rings is 1. The molecule has 2 N–H and O–H groups in total. The highest BCUT2D eigenvalue weighted by Crippen LogP contribution is 2.21. The number of halogens is 4. The molecule has 0 bridgehead atoms. The highest BCUT2D eigenvalue weighted by atomic mass is 79.9. The molecule has 0 unspecified atom stereocenters. The van der Waals surface area contributed by atoms with Gasteiger partial charge < -0.3 is 10.6 Å². The number of hydrogen-bond acceptors (Lipinski definition) is 2. The summed E-state index contributed by atoms with van der Waals surface area (Å²) in [5, 5.41) is 4.04. The Bertz CT molecular complexity index is 366. The monoisotopic (exact) mass is 316 g/mol. The largest absolute Gasteiger partial charge is 0.405 e. The average molecular weight is 317 g/mol. The van der Waals surface area contributed by atoms with Crippen molar-refractivity contribution in [2.45, 2.75) is 12.7 Å². The van der Waals surface area contributed by atoms with Crippen LogP contribution in [0.2, 0.25) is 0 Å². The quantitative estimate of drug-likeness (QED) is 0.884. The summed E-state index contributed by atoms with van der Waals surface area (Å²) in [6, 6.07) is 2.75. The lowest BCUT2D eigenvalue weighted by Gasteiger charge is -2.08. The van der Waals surface area contributed by atoms with Crippen molar-refractivity contribution < 1.29 is 18.0 Å². The van der Waals surface area contributed by atoms with Gasteiger partial charge in [-0.05, 0) is 28.1 Å². The Kier molecular flexibility index (Phi) is 4.60. The molecule has 0 aromatic carbocycles. The molecular formula is C8H8BrF3N2OS. The van der Waals surface area contributed by atoms with Gasteiger partial charge in [0, 0.05) is 4.88 Å². The van der Waals surface area contributed by atoms with Gasteiger partial charge in [-0.15, -0.1) is 11.3 Å². The van der Waals surface area contributed by atoms with Crippen molar-refractivity contribution in [1.29, 1.82) is 0 Å². The third-order valence-corrected chi connectivity index (χ3v) is 3.13. The molecule has 0 atom stereocenters. The SMILES string of the molecule is O=C(NCc1ccc(Br)s1)NCC(F)(F)F. The highest BCUT2D eigenvalue weighted by Gasteiger charge is 2.27. The third kappa shape index (κ3) is 5.36. The molecule has 3 nitrogen and oxygen atoms in total. The van der Waals surface area contributed by atoms with Crippen molar-refractivity contribution in [3.63, 3.8) is 0 Å². The summed E-state index contributed by atoms with van der Waals surface area (Å²) in [5.74, 6) is 0. The van der Waals surface area contributed by atoms with Gasteiger partial charge in [0.05, 0.1) is 10.3 Å². The van der Waals surface area contributed by atoms with Gasteiger partial charge >= 0.3 is 12.2 Å². The Labute approximate surface area is 102 Å². The first-order valence-corrected chi connectivity index (χ1v) is 5.80. The lowest BCUT2D eigenvalue weighted by Crippen LogP contribution is -2.40. The molecule has 0 saturated heterocycles. The number of nitrogens with one attached hydrogen (secondary N) is 2. The molecule has 0 spiro atoms. The van der Waals surface area contributed by atoms with Crippen LogP contribution in [-0.4, -0.2) is 18.8 Å². The predicted molar refractivity (Wildman–Crippen MR) is 58.3 cm³/mol. The van der Waals surface area contributed by atoms with Crippen LogP contribution in [0.1, 0.15) is 4.88 Å². The van der Waals surface area contributed by atoms with E-state index >= 15 is 0 Å². The fraction of sp³-hybridized carbons (Fsp3) is 0.375. The molecule has 1 aromatic rings. The van der Waals surface area contributed by atoms with Crippen LogP contribution in [0, 0.1) is 0 Å². The van der Waals surface area contributed by atoms with E-state index in [-0.39, 0.29) is 6.54 Å². The van der Waals surface area contributed by atoms with Crippen molar-refractivity contribution in [2.75, 3.05) is 6.54 Å². The van der Waals surface area contributed by atoms with E-state index in [9.17, 15) is 18.0 Å². The average Bonchev–Trinajstić information content (AvgIpc) is 2.57. The topological polar surface area (TPSA) is 41.1 Å². The maximum atomic E-state index is 11.7. The van der Waals surface area contributed by atoms with E-state index in [1.54, 1.807) is 17.4 Å². The van der Waals surface area contributed by atoms with E-state index < -0.39 is 18.8 Å². The van der Waals surface area contributed by atoms with Crippen molar-refractivity contribution in [1.82, 2.24) is 10.6 Å². The van der Waals surface area contributed by atoms with Gasteiger partial charge in [-0.2, -0.15) is 13.2 Å². The smallest absolute Gasteiger partial charge is 0.333 e. The maximum Gasteiger partial charge on any atom is 0.405 e. The zero-order valence-corrected chi connectivity index (χ0v) is 10.3. The van der Waals surface area contributed by atoms with Gasteiger partial charge in [0.15, 0.2) is 0 Å². The molecule has 1 heterocycles. The van der Waals surface area contributed by atoms with Crippen LogP contribution in [0.15, 0.2) is 15.9 Å². The molecule has 1 rings (SSSR count). The number of rotatable bonds is 3. The van der Waals surface area contributed by atoms with Crippen LogP contribution < -0.4 is 10.6 Å². The molecular weight excluding hydrogens is 309 g/mol. The van der Waals surface area contributed by atoms with Gasteiger partial charge in [-0.3, -0.25) is 0 Å². The van der Waals surface area contributed by atoms with E-state index in [0.29, 0.717) is 0 Å². The Morgan fingerprint density at radius 2 is 2.06 bits per heavy atom. The number of carbonyl (C=O) groups excluding carboxylic acids is 1. The van der Waals surface area contributed by atoms with Crippen LogP contribution in [0.4, 0.5) is 18.0 Å². The molecule has 0 aliphatic heterocycles. The third-order valence-electron chi connectivity index (χ3n) is 1.50. The number of amides is 2. The van der Waals surface area contributed by atoms with E-state index in [2.05, 4.69) is 21.2 Å². The minimum Gasteiger partial charge on any atom is -0.333 e. The summed E-state index contributed by atoms with van der Waals surface area (Å²) >= 11 is 4.64. The Morgan fingerprint density at radius 1 is 1.38 bits per heavy atom. The second-order valence-corrected chi connectivity index (χ2v) is 5.40. The van der Waals surface area contributed by atoms with E-state index in [0.717, 1.165) is 8.66 Å². The number of urea groups is 1. The van der Waals surface area contributed by atoms with E-state index in [1.165, 1.54) is 11.3 Å². The van der Waals surface area contributed by atoms with Crippen molar-refractivity contribution in [3.8, 4) is 0 Å². The molecule has 0 aliphatic rings. The lowest BCUT2D eigenvalue weighted by atomic mass is 10.5. The minimum atomic E-state index is -4.39. The summed E-state index contributed by atoms with van der Waals surface area (Å²) in [6.45, 7) is -1.12. The molecule has 0 radical (unpaired) electrons. The summed E-state index contributed by atoms with van der Waals surface area (Å²) in [5.41, 5.74) is 0. The van der Waals surface area contributed by atoms with Crippen molar-refractivity contribution in [2.24, 2.45) is 0 Å². The van der Waals surface area contributed by atoms with Gasteiger partial charge in [0.1, 0.15) is 6.54 Å². The molecule has 0 aliphatic carbocycles. The number of alkyl halides is 3. The summed E-state index contributed by atoms with van der Waals surface area (Å²) in [4.78, 5) is 11.8. The van der Waals surface area contributed by atoms with Crippen LogP contribution in [0.3, 0.4) is 0 Å². The normalized spacial score (nSPS) is 11.2. The zero-order valence-electron chi connectivity index (χ0n) is 7.90. The molecule has 16 heavy (non-hydrogen) atoms. The molecule has 0 fully saturated rings. The van der Waals surface area contributed by atoms with E-state index in [1.807, 2.05) is 0 Å². The van der Waals surface area contributed by atoms with E-state index in [4.69, 9.17) is 0 Å².